The maximum absolute atomic E-state index is 12.3. The fourth-order valence-electron chi connectivity index (χ4n) is 2.40. The summed E-state index contributed by atoms with van der Waals surface area (Å²) in [7, 11) is 0. The Morgan fingerprint density at radius 2 is 1.81 bits per heavy atom. The van der Waals surface area contributed by atoms with Crippen LogP contribution in [-0.4, -0.2) is 38.7 Å². The number of ether oxygens (including phenoxy) is 1. The maximum Gasteiger partial charge on any atom is 0.335 e. The van der Waals surface area contributed by atoms with Gasteiger partial charge in [0.1, 0.15) is 11.9 Å². The molecule has 1 amide bonds. The van der Waals surface area contributed by atoms with Gasteiger partial charge in [-0.05, 0) is 54.5 Å². The van der Waals surface area contributed by atoms with Crippen molar-refractivity contribution in [3.63, 3.8) is 0 Å². The number of thiocarbonyl (C=S) groups is 1. The van der Waals surface area contributed by atoms with Crippen molar-refractivity contribution in [3.05, 3.63) is 59.7 Å². The van der Waals surface area contributed by atoms with Crippen molar-refractivity contribution in [1.29, 1.82) is 0 Å². The van der Waals surface area contributed by atoms with Gasteiger partial charge in [-0.25, -0.2) is 4.79 Å². The minimum Gasteiger partial charge on any atom is -0.484 e. The number of carboxylic acids is 1. The summed E-state index contributed by atoms with van der Waals surface area (Å²) in [6, 6.07) is 13.3. The van der Waals surface area contributed by atoms with Gasteiger partial charge in [0.05, 0.1) is 5.56 Å². The van der Waals surface area contributed by atoms with E-state index >= 15 is 0 Å². The lowest BCUT2D eigenvalue weighted by atomic mass is 10.2. The Balaban J connectivity index is 1.94. The van der Waals surface area contributed by atoms with E-state index in [1.165, 1.54) is 12.1 Å². The number of hydrogen-bond acceptors (Lipinski definition) is 4. The third-order valence-corrected chi connectivity index (χ3v) is 4.85. The molecule has 0 saturated carbocycles. The second-order valence-corrected chi connectivity index (χ2v) is 9.09. The molecule has 2 aromatic carbocycles. The number of aryl methyl sites for hydroxylation is 1. The molecule has 0 aliphatic heterocycles. The molecule has 0 aromatic heterocycles. The number of amides is 1. The molecule has 1 atom stereocenters. The Morgan fingerprint density at radius 1 is 1.13 bits per heavy atom. The number of alkyl halides is 3. The van der Waals surface area contributed by atoms with Crippen LogP contribution < -0.4 is 20.7 Å². The summed E-state index contributed by atoms with van der Waals surface area (Å²) in [6.45, 7) is 1.74. The molecule has 2 aromatic rings. The minimum atomic E-state index is -1.94. The first-order valence-corrected chi connectivity index (χ1v) is 10.6. The molecule has 31 heavy (non-hydrogen) atoms. The molecule has 0 radical (unpaired) electrons. The van der Waals surface area contributed by atoms with Crippen LogP contribution in [0.3, 0.4) is 0 Å². The van der Waals surface area contributed by atoms with Gasteiger partial charge < -0.3 is 25.8 Å². The van der Waals surface area contributed by atoms with Crippen LogP contribution in [0.4, 0.5) is 5.69 Å². The van der Waals surface area contributed by atoms with E-state index in [2.05, 4.69) is 16.0 Å². The van der Waals surface area contributed by atoms with Gasteiger partial charge in [0, 0.05) is 5.69 Å². The van der Waals surface area contributed by atoms with Gasteiger partial charge in [0.15, 0.2) is 11.7 Å². The number of carboxylic acid groups (broad SMARTS) is 1. The zero-order valence-electron chi connectivity index (χ0n) is 16.3. The van der Waals surface area contributed by atoms with E-state index in [9.17, 15) is 9.59 Å². The van der Waals surface area contributed by atoms with Gasteiger partial charge in [-0.2, -0.15) is 0 Å². The molecular weight excluding hydrogens is 485 g/mol. The Morgan fingerprint density at radius 3 is 2.39 bits per heavy atom. The van der Waals surface area contributed by atoms with E-state index in [0.29, 0.717) is 11.4 Å². The van der Waals surface area contributed by atoms with Crippen LogP contribution in [0.1, 0.15) is 22.8 Å². The number of carbonyl (C=O) groups excluding carboxylic acids is 1. The number of halogens is 3. The molecule has 7 nitrogen and oxygen atoms in total. The SMILES string of the molecule is CCc1ccc(OCC(=O)N[C@@H](NC(=S)Nc2cccc(C(=O)O)c2)C(Cl)(Cl)Cl)cc1. The maximum atomic E-state index is 12.3. The van der Waals surface area contributed by atoms with E-state index in [-0.39, 0.29) is 17.3 Å². The lowest BCUT2D eigenvalue weighted by molar-refractivity contribution is -0.123. The van der Waals surface area contributed by atoms with Crippen molar-refractivity contribution in [2.45, 2.75) is 23.3 Å². The molecule has 0 aliphatic carbocycles. The van der Waals surface area contributed by atoms with Gasteiger partial charge in [0.2, 0.25) is 3.79 Å². The van der Waals surface area contributed by atoms with Crippen LogP contribution in [-0.2, 0) is 11.2 Å². The summed E-state index contributed by atoms with van der Waals surface area (Å²) in [5, 5.41) is 17.0. The number of carbonyl (C=O) groups is 2. The van der Waals surface area contributed by atoms with Crippen LogP contribution in [0, 0.1) is 0 Å². The van der Waals surface area contributed by atoms with Crippen molar-refractivity contribution < 1.29 is 19.4 Å². The highest BCUT2D eigenvalue weighted by atomic mass is 35.6. The number of anilines is 1. The standard InChI is InChI=1S/C20H20Cl3N3O4S/c1-2-12-6-8-15(9-7-12)30-11-16(27)25-18(20(21,22)23)26-19(31)24-14-5-3-4-13(10-14)17(28)29/h3-10,18H,2,11H2,1H3,(H,25,27)(H,28,29)(H2,24,26,31)/t18-/m0/s1. The number of nitrogens with one attached hydrogen (secondary N) is 3. The molecule has 11 heteroatoms. The molecule has 0 heterocycles. The Labute approximate surface area is 200 Å². The summed E-state index contributed by atoms with van der Waals surface area (Å²) in [5.74, 6) is -1.10. The highest BCUT2D eigenvalue weighted by Crippen LogP contribution is 2.29. The Bertz CT molecular complexity index is 936. The molecular formula is C20H20Cl3N3O4S. The van der Waals surface area contributed by atoms with Crippen LogP contribution in [0.15, 0.2) is 48.5 Å². The van der Waals surface area contributed by atoms with Crippen molar-refractivity contribution in [3.8, 4) is 5.75 Å². The number of hydrogen-bond donors (Lipinski definition) is 4. The van der Waals surface area contributed by atoms with Gasteiger partial charge in [-0.1, -0.05) is 59.9 Å². The topological polar surface area (TPSA) is 99.7 Å². The van der Waals surface area contributed by atoms with E-state index in [1.54, 1.807) is 24.3 Å². The van der Waals surface area contributed by atoms with E-state index < -0.39 is 21.8 Å². The number of rotatable bonds is 8. The molecule has 166 valence electrons. The van der Waals surface area contributed by atoms with Crippen molar-refractivity contribution in [2.24, 2.45) is 0 Å². The average molecular weight is 505 g/mol. The van der Waals surface area contributed by atoms with Crippen molar-refractivity contribution in [2.75, 3.05) is 11.9 Å². The highest BCUT2D eigenvalue weighted by Gasteiger charge is 2.34. The number of benzene rings is 2. The summed E-state index contributed by atoms with van der Waals surface area (Å²) in [4.78, 5) is 23.4. The molecule has 4 N–H and O–H groups in total. The summed E-state index contributed by atoms with van der Waals surface area (Å²) < 4.78 is 3.51. The minimum absolute atomic E-state index is 0.00948. The van der Waals surface area contributed by atoms with Gasteiger partial charge in [0.25, 0.3) is 5.91 Å². The second-order valence-electron chi connectivity index (χ2n) is 6.31. The van der Waals surface area contributed by atoms with Gasteiger partial charge in [-0.15, -0.1) is 0 Å². The Hall–Kier alpha value is -2.26. The third kappa shape index (κ3) is 8.41. The average Bonchev–Trinajstić information content (AvgIpc) is 2.71. The van der Waals surface area contributed by atoms with Crippen molar-refractivity contribution in [1.82, 2.24) is 10.6 Å². The first kappa shape index (κ1) is 25.0. The van der Waals surface area contributed by atoms with E-state index in [0.717, 1.165) is 12.0 Å². The molecule has 2 rings (SSSR count). The summed E-state index contributed by atoms with van der Waals surface area (Å²) >= 11 is 23.0. The van der Waals surface area contributed by atoms with Gasteiger partial charge in [-0.3, -0.25) is 4.79 Å². The van der Waals surface area contributed by atoms with Crippen molar-refractivity contribution >= 4 is 69.7 Å². The lowest BCUT2D eigenvalue weighted by Crippen LogP contribution is -2.56. The molecule has 0 aliphatic rings. The highest BCUT2D eigenvalue weighted by molar-refractivity contribution is 7.80. The third-order valence-electron chi connectivity index (χ3n) is 3.98. The first-order chi connectivity index (χ1) is 14.6. The fourth-order valence-corrected chi connectivity index (χ4v) is 2.96. The molecule has 0 fully saturated rings. The fraction of sp³-hybridized carbons (Fsp3) is 0.250. The summed E-state index contributed by atoms with van der Waals surface area (Å²) in [5.41, 5.74) is 1.63. The smallest absolute Gasteiger partial charge is 0.335 e. The monoisotopic (exact) mass is 503 g/mol. The molecule has 0 bridgehead atoms. The zero-order chi connectivity index (χ0) is 23.0. The predicted molar refractivity (Wildman–Crippen MR) is 126 cm³/mol. The first-order valence-electron chi connectivity index (χ1n) is 9.07. The summed E-state index contributed by atoms with van der Waals surface area (Å²) in [6.07, 6.45) is -0.287. The van der Waals surface area contributed by atoms with Crippen LogP contribution >= 0.6 is 47.0 Å². The van der Waals surface area contributed by atoms with E-state index in [1.807, 2.05) is 19.1 Å². The molecule has 0 spiro atoms. The lowest BCUT2D eigenvalue weighted by Gasteiger charge is -2.27. The molecule has 0 unspecified atom stereocenters. The van der Waals surface area contributed by atoms with Crippen LogP contribution in [0.5, 0.6) is 5.75 Å². The van der Waals surface area contributed by atoms with E-state index in [4.69, 9.17) is 56.9 Å². The predicted octanol–water partition coefficient (Wildman–Crippen LogP) is 4.13. The molecule has 0 saturated heterocycles. The largest absolute Gasteiger partial charge is 0.484 e. The normalized spacial score (nSPS) is 11.9. The number of aromatic carboxylic acids is 1. The quantitative estimate of drug-likeness (QED) is 0.244. The van der Waals surface area contributed by atoms with Crippen LogP contribution in [0.25, 0.3) is 0 Å². The Kier molecular flexibility index (Phi) is 9.18. The van der Waals surface area contributed by atoms with Gasteiger partial charge >= 0.3 is 5.97 Å². The van der Waals surface area contributed by atoms with Crippen LogP contribution in [0.2, 0.25) is 0 Å². The zero-order valence-corrected chi connectivity index (χ0v) is 19.4. The second kappa shape index (κ2) is 11.4.